The van der Waals surface area contributed by atoms with Crippen molar-refractivity contribution in [2.45, 2.75) is 12.8 Å². The molecule has 0 saturated heterocycles. The zero-order valence-corrected chi connectivity index (χ0v) is 15.5. The van der Waals surface area contributed by atoms with Gasteiger partial charge in [0, 0.05) is 19.9 Å². The van der Waals surface area contributed by atoms with Crippen LogP contribution in [0.1, 0.15) is 26.3 Å². The number of nitrogens with one attached hydrogen (secondary N) is 1. The van der Waals surface area contributed by atoms with E-state index in [4.69, 9.17) is 14.2 Å². The third kappa shape index (κ3) is 3.79. The van der Waals surface area contributed by atoms with Crippen molar-refractivity contribution in [3.8, 4) is 5.75 Å². The molecule has 142 valence electrons. The van der Waals surface area contributed by atoms with Crippen LogP contribution in [0, 0.1) is 0 Å². The van der Waals surface area contributed by atoms with Gasteiger partial charge < -0.3 is 24.4 Å². The van der Waals surface area contributed by atoms with Gasteiger partial charge in [-0.25, -0.2) is 0 Å². The maximum absolute atomic E-state index is 13.0. The molecule has 1 N–H and O–H groups in total. The summed E-state index contributed by atoms with van der Waals surface area (Å²) >= 11 is 0. The quantitative estimate of drug-likeness (QED) is 0.756. The molecule has 0 fully saturated rings. The second kappa shape index (κ2) is 8.20. The summed E-state index contributed by atoms with van der Waals surface area (Å²) in [6.07, 6.45) is -0.544. The highest BCUT2D eigenvalue weighted by Crippen LogP contribution is 2.31. The molecule has 1 heterocycles. The van der Waals surface area contributed by atoms with Crippen LogP contribution in [0.2, 0.25) is 0 Å². The zero-order valence-electron chi connectivity index (χ0n) is 15.5. The number of carbonyl (C=O) groups excluding carboxylic acids is 2. The SMILES string of the molecule is COc1ccc(N2Cc3cccc(C(=O)NCC(OC)OC)c3C2=O)cc1. The Morgan fingerprint density at radius 2 is 1.81 bits per heavy atom. The van der Waals surface area contributed by atoms with Gasteiger partial charge in [-0.1, -0.05) is 12.1 Å². The zero-order chi connectivity index (χ0) is 19.4. The van der Waals surface area contributed by atoms with Crippen molar-refractivity contribution in [2.75, 3.05) is 32.8 Å². The number of ether oxygens (including phenoxy) is 3. The molecule has 7 heteroatoms. The lowest BCUT2D eigenvalue weighted by atomic mass is 10.0. The minimum atomic E-state index is -0.544. The summed E-state index contributed by atoms with van der Waals surface area (Å²) in [5.41, 5.74) is 2.34. The monoisotopic (exact) mass is 370 g/mol. The van der Waals surface area contributed by atoms with E-state index >= 15 is 0 Å². The molecular weight excluding hydrogens is 348 g/mol. The van der Waals surface area contributed by atoms with Crippen LogP contribution in [0.15, 0.2) is 42.5 Å². The molecule has 7 nitrogen and oxygen atoms in total. The lowest BCUT2D eigenvalue weighted by Crippen LogP contribution is -2.35. The lowest BCUT2D eigenvalue weighted by Gasteiger charge is -2.16. The molecule has 2 amide bonds. The Kier molecular flexibility index (Phi) is 5.73. The first-order chi connectivity index (χ1) is 13.1. The largest absolute Gasteiger partial charge is 0.497 e. The molecule has 0 bridgehead atoms. The summed E-state index contributed by atoms with van der Waals surface area (Å²) in [6.45, 7) is 0.603. The summed E-state index contributed by atoms with van der Waals surface area (Å²) < 4.78 is 15.3. The number of anilines is 1. The minimum absolute atomic E-state index is 0.186. The molecule has 27 heavy (non-hydrogen) atoms. The van der Waals surface area contributed by atoms with Crippen LogP contribution in [-0.4, -0.2) is 46.0 Å². The molecule has 0 spiro atoms. The van der Waals surface area contributed by atoms with E-state index in [1.54, 1.807) is 36.3 Å². The molecule has 1 aliphatic rings. The van der Waals surface area contributed by atoms with Gasteiger partial charge in [0.2, 0.25) is 0 Å². The van der Waals surface area contributed by atoms with Crippen molar-refractivity contribution < 1.29 is 23.8 Å². The second-order valence-electron chi connectivity index (χ2n) is 6.04. The standard InChI is InChI=1S/C20H22N2O5/c1-25-15-9-7-14(8-10-15)22-12-13-5-4-6-16(18(13)20(22)24)19(23)21-11-17(26-2)27-3/h4-10,17H,11-12H2,1-3H3,(H,21,23). The molecule has 0 radical (unpaired) electrons. The number of rotatable bonds is 7. The number of amides is 2. The van der Waals surface area contributed by atoms with E-state index in [1.807, 2.05) is 18.2 Å². The van der Waals surface area contributed by atoms with Crippen LogP contribution < -0.4 is 15.0 Å². The Hall–Kier alpha value is -2.90. The lowest BCUT2D eigenvalue weighted by molar-refractivity contribution is -0.0974. The van der Waals surface area contributed by atoms with Gasteiger partial charge in [0.05, 0.1) is 31.3 Å². The minimum Gasteiger partial charge on any atom is -0.497 e. The van der Waals surface area contributed by atoms with Crippen LogP contribution in [0.3, 0.4) is 0 Å². The van der Waals surface area contributed by atoms with E-state index in [0.29, 0.717) is 23.4 Å². The fourth-order valence-corrected chi connectivity index (χ4v) is 3.06. The number of benzene rings is 2. The summed E-state index contributed by atoms with van der Waals surface area (Å²) in [6, 6.07) is 12.5. The highest BCUT2D eigenvalue weighted by atomic mass is 16.7. The van der Waals surface area contributed by atoms with E-state index in [2.05, 4.69) is 5.32 Å². The molecule has 3 rings (SSSR count). The van der Waals surface area contributed by atoms with E-state index in [9.17, 15) is 9.59 Å². The molecule has 1 aliphatic heterocycles. The van der Waals surface area contributed by atoms with Crippen molar-refractivity contribution in [3.05, 3.63) is 59.2 Å². The first kappa shape index (κ1) is 18.9. The van der Waals surface area contributed by atoms with Crippen LogP contribution in [0.4, 0.5) is 5.69 Å². The average Bonchev–Trinajstić information content (AvgIpc) is 3.05. The summed E-state index contributed by atoms with van der Waals surface area (Å²) in [5, 5.41) is 2.74. The third-order valence-corrected chi connectivity index (χ3v) is 4.52. The van der Waals surface area contributed by atoms with E-state index in [0.717, 1.165) is 11.3 Å². The molecule has 0 atom stereocenters. The van der Waals surface area contributed by atoms with Gasteiger partial charge in [-0.2, -0.15) is 0 Å². The Morgan fingerprint density at radius 1 is 1.11 bits per heavy atom. The van der Waals surface area contributed by atoms with Gasteiger partial charge in [-0.15, -0.1) is 0 Å². The fourth-order valence-electron chi connectivity index (χ4n) is 3.06. The molecule has 0 unspecified atom stereocenters. The van der Waals surface area contributed by atoms with Crippen LogP contribution in [-0.2, 0) is 16.0 Å². The Labute approximate surface area is 157 Å². The maximum Gasteiger partial charge on any atom is 0.259 e. The predicted molar refractivity (Wildman–Crippen MR) is 100 cm³/mol. The van der Waals surface area contributed by atoms with Crippen LogP contribution in [0.5, 0.6) is 5.75 Å². The highest BCUT2D eigenvalue weighted by Gasteiger charge is 2.32. The number of hydrogen-bond donors (Lipinski definition) is 1. The summed E-state index contributed by atoms with van der Waals surface area (Å²) in [7, 11) is 4.59. The van der Waals surface area contributed by atoms with Crippen molar-refractivity contribution in [1.29, 1.82) is 0 Å². The molecule has 0 aromatic heterocycles. The smallest absolute Gasteiger partial charge is 0.259 e. The van der Waals surface area contributed by atoms with Gasteiger partial charge in [0.25, 0.3) is 11.8 Å². The predicted octanol–water partition coefficient (Wildman–Crippen LogP) is 2.20. The molecule has 2 aromatic rings. The van der Waals surface area contributed by atoms with Crippen molar-refractivity contribution in [2.24, 2.45) is 0 Å². The van der Waals surface area contributed by atoms with E-state index < -0.39 is 6.29 Å². The van der Waals surface area contributed by atoms with E-state index in [1.165, 1.54) is 14.2 Å². The van der Waals surface area contributed by atoms with Crippen molar-refractivity contribution in [3.63, 3.8) is 0 Å². The number of carbonyl (C=O) groups is 2. The third-order valence-electron chi connectivity index (χ3n) is 4.52. The Morgan fingerprint density at radius 3 is 2.44 bits per heavy atom. The first-order valence-corrected chi connectivity index (χ1v) is 8.50. The van der Waals surface area contributed by atoms with Gasteiger partial charge in [-0.3, -0.25) is 9.59 Å². The normalized spacial score (nSPS) is 13.0. The maximum atomic E-state index is 13.0. The Bertz CT molecular complexity index is 831. The highest BCUT2D eigenvalue weighted by molar-refractivity contribution is 6.16. The van der Waals surface area contributed by atoms with Gasteiger partial charge in [-0.05, 0) is 35.9 Å². The second-order valence-corrected chi connectivity index (χ2v) is 6.04. The van der Waals surface area contributed by atoms with Gasteiger partial charge in [0.1, 0.15) is 5.75 Å². The van der Waals surface area contributed by atoms with Crippen LogP contribution >= 0.6 is 0 Å². The average molecular weight is 370 g/mol. The molecular formula is C20H22N2O5. The fraction of sp³-hybridized carbons (Fsp3) is 0.300. The van der Waals surface area contributed by atoms with Gasteiger partial charge in [0.15, 0.2) is 6.29 Å². The van der Waals surface area contributed by atoms with Gasteiger partial charge >= 0.3 is 0 Å². The first-order valence-electron chi connectivity index (χ1n) is 8.50. The van der Waals surface area contributed by atoms with Crippen LogP contribution in [0.25, 0.3) is 0 Å². The number of fused-ring (bicyclic) bond motifs is 1. The summed E-state index contributed by atoms with van der Waals surface area (Å²) in [4.78, 5) is 27.2. The van der Waals surface area contributed by atoms with Crippen molar-refractivity contribution >= 4 is 17.5 Å². The van der Waals surface area contributed by atoms with E-state index in [-0.39, 0.29) is 18.4 Å². The topological polar surface area (TPSA) is 77.1 Å². The van der Waals surface area contributed by atoms with Crippen molar-refractivity contribution in [1.82, 2.24) is 5.32 Å². The number of nitrogens with zero attached hydrogens (tertiary/aromatic N) is 1. The number of hydrogen-bond acceptors (Lipinski definition) is 5. The number of methoxy groups -OCH3 is 3. The molecule has 0 saturated carbocycles. The summed E-state index contributed by atoms with van der Waals surface area (Å²) in [5.74, 6) is 0.181. The Balaban J connectivity index is 1.82. The molecule has 0 aliphatic carbocycles. The molecule has 2 aromatic carbocycles.